The highest BCUT2D eigenvalue weighted by Gasteiger charge is 2.21. The fourth-order valence-corrected chi connectivity index (χ4v) is 3.44. The molecule has 0 unspecified atom stereocenters. The van der Waals surface area contributed by atoms with Gasteiger partial charge in [-0.25, -0.2) is 4.98 Å². The molecule has 0 fully saturated rings. The summed E-state index contributed by atoms with van der Waals surface area (Å²) in [4.78, 5) is 8.98. The number of anilines is 1. The third-order valence-electron chi connectivity index (χ3n) is 4.86. The van der Waals surface area contributed by atoms with E-state index < -0.39 is 0 Å². The number of hydrogen-bond acceptors (Lipinski definition) is 6. The maximum Gasteiger partial charge on any atom is 0.204 e. The molecule has 0 bridgehead atoms. The van der Waals surface area contributed by atoms with Gasteiger partial charge in [0, 0.05) is 66.0 Å². The molecular weight excluding hydrogens is 328 g/mol. The maximum absolute atomic E-state index is 4.51. The Kier molecular flexibility index (Phi) is 4.20. The van der Waals surface area contributed by atoms with E-state index in [0.717, 1.165) is 49.0 Å². The van der Waals surface area contributed by atoms with E-state index in [1.165, 1.54) is 11.3 Å². The second-order valence-corrected chi connectivity index (χ2v) is 7.07. The smallest absolute Gasteiger partial charge is 0.204 e. The zero-order valence-electron chi connectivity index (χ0n) is 15.7. The van der Waals surface area contributed by atoms with E-state index in [1.807, 2.05) is 44.6 Å². The van der Waals surface area contributed by atoms with Gasteiger partial charge in [0.2, 0.25) is 5.95 Å². The van der Waals surface area contributed by atoms with Crippen molar-refractivity contribution in [3.05, 3.63) is 41.6 Å². The highest BCUT2D eigenvalue weighted by atomic mass is 15.3. The first-order valence-electron chi connectivity index (χ1n) is 8.76. The van der Waals surface area contributed by atoms with Gasteiger partial charge >= 0.3 is 0 Å². The minimum absolute atomic E-state index is 0.876. The lowest BCUT2D eigenvalue weighted by molar-refractivity contribution is 0.237. The van der Waals surface area contributed by atoms with Gasteiger partial charge in [-0.05, 0) is 11.6 Å². The first-order chi connectivity index (χ1) is 12.5. The number of aryl methyl sites for hydroxylation is 1. The second-order valence-electron chi connectivity index (χ2n) is 7.07. The Labute approximate surface area is 153 Å². The van der Waals surface area contributed by atoms with Crippen molar-refractivity contribution >= 4 is 5.95 Å². The molecule has 8 heteroatoms. The Morgan fingerprint density at radius 2 is 2.00 bits per heavy atom. The SMILES string of the molecule is CN(C)c1ncc(CN2CCc3nnc(-c4cnn(C)c4)cc3C2)n1C. The van der Waals surface area contributed by atoms with Crippen molar-refractivity contribution in [1.82, 2.24) is 34.4 Å². The quantitative estimate of drug-likeness (QED) is 0.704. The highest BCUT2D eigenvalue weighted by Crippen LogP contribution is 2.24. The van der Waals surface area contributed by atoms with Crippen molar-refractivity contribution in [2.75, 3.05) is 25.5 Å². The second kappa shape index (κ2) is 6.53. The van der Waals surface area contributed by atoms with E-state index >= 15 is 0 Å². The van der Waals surface area contributed by atoms with Crippen LogP contribution in [0, 0.1) is 0 Å². The molecule has 4 heterocycles. The molecule has 0 aromatic carbocycles. The van der Waals surface area contributed by atoms with Crippen LogP contribution in [0.3, 0.4) is 0 Å². The third kappa shape index (κ3) is 3.08. The number of nitrogens with zero attached hydrogens (tertiary/aromatic N) is 8. The van der Waals surface area contributed by atoms with Gasteiger partial charge in [-0.2, -0.15) is 15.3 Å². The minimum atomic E-state index is 0.876. The predicted molar refractivity (Wildman–Crippen MR) is 99.6 cm³/mol. The van der Waals surface area contributed by atoms with Gasteiger partial charge in [0.1, 0.15) is 0 Å². The van der Waals surface area contributed by atoms with Gasteiger partial charge in [0.05, 0.1) is 29.5 Å². The average molecular weight is 352 g/mol. The fraction of sp³-hybridized carbons (Fsp3) is 0.444. The maximum atomic E-state index is 4.51. The molecule has 1 aliphatic heterocycles. The molecule has 0 aliphatic carbocycles. The summed E-state index contributed by atoms with van der Waals surface area (Å²) >= 11 is 0. The van der Waals surface area contributed by atoms with Gasteiger partial charge < -0.3 is 9.47 Å². The highest BCUT2D eigenvalue weighted by molar-refractivity contribution is 5.57. The number of rotatable bonds is 4. The molecule has 8 nitrogen and oxygen atoms in total. The first-order valence-corrected chi connectivity index (χ1v) is 8.76. The Balaban J connectivity index is 1.53. The van der Waals surface area contributed by atoms with E-state index in [4.69, 9.17) is 0 Å². The Hall–Kier alpha value is -2.74. The van der Waals surface area contributed by atoms with Crippen LogP contribution >= 0.6 is 0 Å². The minimum Gasteiger partial charge on any atom is -0.348 e. The lowest BCUT2D eigenvalue weighted by Gasteiger charge is -2.28. The summed E-state index contributed by atoms with van der Waals surface area (Å²) in [7, 11) is 8.01. The van der Waals surface area contributed by atoms with Crippen molar-refractivity contribution in [2.24, 2.45) is 14.1 Å². The van der Waals surface area contributed by atoms with Crippen LogP contribution in [0.4, 0.5) is 5.95 Å². The van der Waals surface area contributed by atoms with E-state index in [9.17, 15) is 0 Å². The Morgan fingerprint density at radius 1 is 1.15 bits per heavy atom. The largest absolute Gasteiger partial charge is 0.348 e. The number of hydrogen-bond donors (Lipinski definition) is 0. The topological polar surface area (TPSA) is 67.9 Å². The van der Waals surface area contributed by atoms with Crippen LogP contribution in [0.15, 0.2) is 24.7 Å². The van der Waals surface area contributed by atoms with E-state index in [0.29, 0.717) is 0 Å². The van der Waals surface area contributed by atoms with Crippen LogP contribution in [-0.4, -0.2) is 55.1 Å². The first kappa shape index (κ1) is 16.7. The summed E-state index contributed by atoms with van der Waals surface area (Å²) < 4.78 is 3.94. The van der Waals surface area contributed by atoms with Crippen molar-refractivity contribution in [3.63, 3.8) is 0 Å². The lowest BCUT2D eigenvalue weighted by atomic mass is 10.0. The molecule has 3 aromatic rings. The molecule has 0 N–H and O–H groups in total. The van der Waals surface area contributed by atoms with Crippen molar-refractivity contribution in [3.8, 4) is 11.3 Å². The molecule has 0 amide bonds. The molecule has 1 aliphatic rings. The zero-order chi connectivity index (χ0) is 18.3. The molecule has 0 saturated heterocycles. The number of imidazole rings is 1. The van der Waals surface area contributed by atoms with Crippen LogP contribution in [0.1, 0.15) is 17.0 Å². The summed E-state index contributed by atoms with van der Waals surface area (Å²) in [6.45, 7) is 2.73. The molecule has 4 rings (SSSR count). The summed E-state index contributed by atoms with van der Waals surface area (Å²) in [6.07, 6.45) is 6.69. The fourth-order valence-electron chi connectivity index (χ4n) is 3.44. The molecule has 0 radical (unpaired) electrons. The molecule has 26 heavy (non-hydrogen) atoms. The molecule has 136 valence electrons. The molecule has 0 atom stereocenters. The summed E-state index contributed by atoms with van der Waals surface area (Å²) in [5.41, 5.74) is 5.45. The van der Waals surface area contributed by atoms with Gasteiger partial charge in [-0.1, -0.05) is 0 Å². The van der Waals surface area contributed by atoms with Crippen molar-refractivity contribution in [2.45, 2.75) is 19.5 Å². The summed E-state index contributed by atoms with van der Waals surface area (Å²) in [5, 5.41) is 13.1. The van der Waals surface area contributed by atoms with E-state index in [2.05, 4.69) is 42.9 Å². The Bertz CT molecular complexity index is 923. The van der Waals surface area contributed by atoms with Crippen LogP contribution in [-0.2, 0) is 33.6 Å². The Morgan fingerprint density at radius 3 is 2.69 bits per heavy atom. The van der Waals surface area contributed by atoms with E-state index in [1.54, 1.807) is 4.68 Å². The van der Waals surface area contributed by atoms with Crippen LogP contribution in [0.5, 0.6) is 0 Å². The van der Waals surface area contributed by atoms with Crippen molar-refractivity contribution in [1.29, 1.82) is 0 Å². The van der Waals surface area contributed by atoms with Gasteiger partial charge in [0.25, 0.3) is 0 Å². The standard InChI is InChI=1S/C18H24N8/c1-23(2)18-19-9-15(25(18)4)12-26-6-5-16-13(11-26)7-17(22-21-16)14-8-20-24(3)10-14/h7-10H,5-6,11-12H2,1-4H3. The van der Waals surface area contributed by atoms with E-state index in [-0.39, 0.29) is 0 Å². The van der Waals surface area contributed by atoms with Gasteiger partial charge in [-0.3, -0.25) is 9.58 Å². The van der Waals surface area contributed by atoms with Gasteiger partial charge in [0.15, 0.2) is 0 Å². The van der Waals surface area contributed by atoms with Crippen LogP contribution in [0.25, 0.3) is 11.3 Å². The third-order valence-corrected chi connectivity index (χ3v) is 4.86. The zero-order valence-corrected chi connectivity index (χ0v) is 15.7. The summed E-state index contributed by atoms with van der Waals surface area (Å²) in [6, 6.07) is 2.15. The number of aromatic nitrogens is 6. The molecule has 0 spiro atoms. The van der Waals surface area contributed by atoms with Crippen molar-refractivity contribution < 1.29 is 0 Å². The molecular formula is C18H24N8. The van der Waals surface area contributed by atoms with Gasteiger partial charge in [-0.15, -0.1) is 0 Å². The normalized spacial score (nSPS) is 14.5. The monoisotopic (exact) mass is 352 g/mol. The number of fused-ring (bicyclic) bond motifs is 1. The van der Waals surface area contributed by atoms with Crippen LogP contribution < -0.4 is 4.90 Å². The summed E-state index contributed by atoms with van der Waals surface area (Å²) in [5.74, 6) is 0.974. The van der Waals surface area contributed by atoms with Crippen LogP contribution in [0.2, 0.25) is 0 Å². The molecule has 0 saturated carbocycles. The molecule has 3 aromatic heterocycles. The predicted octanol–water partition coefficient (Wildman–Crippen LogP) is 1.23. The lowest BCUT2D eigenvalue weighted by Crippen LogP contribution is -2.31. The average Bonchev–Trinajstić information content (AvgIpc) is 3.21.